The molecule has 0 spiro atoms. The molecule has 2 N–H and O–H groups in total. The number of fused-ring (bicyclic) bond motifs is 2. The van der Waals surface area contributed by atoms with E-state index in [0.29, 0.717) is 24.5 Å². The quantitative estimate of drug-likeness (QED) is 0.252. The number of hydrogen-bond donors (Lipinski definition) is 2. The zero-order valence-electron chi connectivity index (χ0n) is 17.8. The molecule has 0 saturated carbocycles. The topological polar surface area (TPSA) is 62.3 Å². The fourth-order valence-corrected chi connectivity index (χ4v) is 4.57. The largest absolute Gasteiger partial charge is 0.493 e. The van der Waals surface area contributed by atoms with Gasteiger partial charge in [0.15, 0.2) is 0 Å². The maximum atomic E-state index is 12.0. The molecule has 0 atom stereocenters. The van der Waals surface area contributed by atoms with E-state index in [4.69, 9.17) is 16.3 Å². The van der Waals surface area contributed by atoms with Crippen LogP contribution >= 0.6 is 11.6 Å². The summed E-state index contributed by atoms with van der Waals surface area (Å²) in [5, 5.41) is 13.5. The van der Waals surface area contributed by atoms with Gasteiger partial charge in [-0.15, -0.1) is 0 Å². The fourth-order valence-electron chi connectivity index (χ4n) is 4.35. The van der Waals surface area contributed by atoms with Gasteiger partial charge in [-0.2, -0.15) is 0 Å². The molecule has 4 aromatic carbocycles. The number of hydrogen-bond acceptors (Lipinski definition) is 2. The van der Waals surface area contributed by atoms with Crippen molar-refractivity contribution in [2.45, 2.75) is 12.8 Å². The van der Waals surface area contributed by atoms with Crippen molar-refractivity contribution in [2.75, 3.05) is 6.61 Å². The van der Waals surface area contributed by atoms with Gasteiger partial charge in [-0.3, -0.25) is 0 Å². The molecule has 0 amide bonds. The summed E-state index contributed by atoms with van der Waals surface area (Å²) in [5.41, 5.74) is 3.61. The summed E-state index contributed by atoms with van der Waals surface area (Å²) in [5.74, 6) is -0.147. The molecule has 1 aromatic heterocycles. The molecule has 0 bridgehead atoms. The Morgan fingerprint density at radius 1 is 0.909 bits per heavy atom. The number of aromatic nitrogens is 1. The number of nitrogens with one attached hydrogen (secondary N) is 1. The molecule has 5 rings (SSSR count). The molecule has 164 valence electrons. The smallest absolute Gasteiger partial charge is 0.352 e. The third-order valence-corrected chi connectivity index (χ3v) is 6.08. The van der Waals surface area contributed by atoms with Crippen molar-refractivity contribution in [3.05, 3.63) is 101 Å². The number of carboxylic acids is 1. The minimum atomic E-state index is -0.980. The van der Waals surface area contributed by atoms with Crippen molar-refractivity contribution in [2.24, 2.45) is 0 Å². The molecule has 0 unspecified atom stereocenters. The first-order valence-electron chi connectivity index (χ1n) is 10.8. The highest BCUT2D eigenvalue weighted by Gasteiger charge is 2.20. The normalized spacial score (nSPS) is 11.2. The predicted molar refractivity (Wildman–Crippen MR) is 133 cm³/mol. The van der Waals surface area contributed by atoms with Crippen LogP contribution in [-0.4, -0.2) is 22.7 Å². The van der Waals surface area contributed by atoms with Crippen molar-refractivity contribution >= 4 is 39.2 Å². The van der Waals surface area contributed by atoms with Gasteiger partial charge >= 0.3 is 5.97 Å². The number of ether oxygens (including phenoxy) is 1. The van der Waals surface area contributed by atoms with Crippen LogP contribution in [0.4, 0.5) is 0 Å². The highest BCUT2D eigenvalue weighted by atomic mass is 35.5. The minimum Gasteiger partial charge on any atom is -0.493 e. The van der Waals surface area contributed by atoms with Crippen LogP contribution < -0.4 is 4.74 Å². The summed E-state index contributed by atoms with van der Waals surface area (Å²) in [6, 6.07) is 27.6. The fraction of sp³-hybridized carbons (Fsp3) is 0.107. The van der Waals surface area contributed by atoms with E-state index in [1.54, 1.807) is 0 Å². The van der Waals surface area contributed by atoms with E-state index in [2.05, 4.69) is 17.1 Å². The summed E-state index contributed by atoms with van der Waals surface area (Å²) in [4.78, 5) is 15.2. The first kappa shape index (κ1) is 21.1. The van der Waals surface area contributed by atoms with E-state index in [-0.39, 0.29) is 5.69 Å². The number of benzene rings is 4. The van der Waals surface area contributed by atoms with Crippen LogP contribution in [-0.2, 0) is 6.42 Å². The van der Waals surface area contributed by atoms with Gasteiger partial charge in [0, 0.05) is 21.4 Å². The van der Waals surface area contributed by atoms with E-state index >= 15 is 0 Å². The molecule has 5 heteroatoms. The summed E-state index contributed by atoms with van der Waals surface area (Å²) in [6.45, 7) is 0.478. The minimum absolute atomic E-state index is 0.203. The lowest BCUT2D eigenvalue weighted by atomic mass is 10.00. The average Bonchev–Trinajstić information content (AvgIpc) is 3.20. The summed E-state index contributed by atoms with van der Waals surface area (Å²) < 4.78 is 6.06. The Morgan fingerprint density at radius 2 is 1.67 bits per heavy atom. The number of carboxylic acid groups (broad SMARTS) is 1. The van der Waals surface area contributed by atoms with Crippen molar-refractivity contribution in [3.63, 3.8) is 0 Å². The Bertz CT molecular complexity index is 1450. The maximum Gasteiger partial charge on any atom is 0.352 e. The van der Waals surface area contributed by atoms with Gasteiger partial charge in [-0.25, -0.2) is 4.79 Å². The molecule has 0 aliphatic heterocycles. The second-order valence-corrected chi connectivity index (χ2v) is 8.39. The van der Waals surface area contributed by atoms with E-state index in [0.717, 1.165) is 44.1 Å². The van der Waals surface area contributed by atoms with Gasteiger partial charge in [0.1, 0.15) is 11.4 Å². The van der Waals surface area contributed by atoms with Gasteiger partial charge in [0.05, 0.1) is 12.1 Å². The zero-order valence-corrected chi connectivity index (χ0v) is 18.6. The van der Waals surface area contributed by atoms with E-state index < -0.39 is 5.97 Å². The third-order valence-electron chi connectivity index (χ3n) is 5.86. The molecule has 33 heavy (non-hydrogen) atoms. The molecular weight excluding hydrogens is 434 g/mol. The highest BCUT2D eigenvalue weighted by Crippen LogP contribution is 2.35. The van der Waals surface area contributed by atoms with E-state index in [1.807, 2.05) is 72.8 Å². The average molecular weight is 456 g/mol. The van der Waals surface area contributed by atoms with Crippen molar-refractivity contribution in [1.29, 1.82) is 0 Å². The zero-order chi connectivity index (χ0) is 22.8. The van der Waals surface area contributed by atoms with Crippen LogP contribution in [0.2, 0.25) is 5.02 Å². The second-order valence-electron chi connectivity index (χ2n) is 7.95. The number of carbonyl (C=O) groups is 1. The summed E-state index contributed by atoms with van der Waals surface area (Å²) in [7, 11) is 0. The number of H-pyrrole nitrogens is 1. The SMILES string of the molecule is O=C(O)c1[nH]c2c(-c3ccccc3)cc(Cl)cc2c1CCCOc1cccc2ccccc12. The standard InChI is InChI=1S/C28H22ClNO3/c29-20-16-23(19-8-2-1-3-9-19)26-24(17-20)22(27(30-26)28(31)32)13-7-15-33-25-14-6-11-18-10-4-5-12-21(18)25/h1-6,8-12,14,16-17,30H,7,13,15H2,(H,31,32). The lowest BCUT2D eigenvalue weighted by Gasteiger charge is -2.10. The van der Waals surface area contributed by atoms with Gasteiger partial charge in [0.25, 0.3) is 0 Å². The molecular formula is C28H22ClNO3. The third kappa shape index (κ3) is 4.18. The predicted octanol–water partition coefficient (Wildman–Crippen LogP) is 7.35. The summed E-state index contributed by atoms with van der Waals surface area (Å²) in [6.07, 6.45) is 1.23. The van der Waals surface area contributed by atoms with Crippen LogP contribution in [0, 0.1) is 0 Å². The first-order chi connectivity index (χ1) is 16.1. The molecule has 0 saturated heterocycles. The van der Waals surface area contributed by atoms with Crippen LogP contribution in [0.15, 0.2) is 84.9 Å². The van der Waals surface area contributed by atoms with Gasteiger partial charge in [-0.1, -0.05) is 78.3 Å². The molecule has 4 nitrogen and oxygen atoms in total. The van der Waals surface area contributed by atoms with Crippen LogP contribution in [0.25, 0.3) is 32.8 Å². The van der Waals surface area contributed by atoms with Gasteiger partial charge in [0.2, 0.25) is 0 Å². The Morgan fingerprint density at radius 3 is 2.48 bits per heavy atom. The Kier molecular flexibility index (Phi) is 5.76. The molecule has 5 aromatic rings. The second kappa shape index (κ2) is 9.00. The number of rotatable bonds is 7. The van der Waals surface area contributed by atoms with Crippen molar-refractivity contribution in [3.8, 4) is 16.9 Å². The first-order valence-corrected chi connectivity index (χ1v) is 11.2. The number of halogens is 1. The van der Waals surface area contributed by atoms with Crippen LogP contribution in [0.5, 0.6) is 5.75 Å². The molecule has 0 radical (unpaired) electrons. The molecule has 1 heterocycles. The number of aryl methyl sites for hydroxylation is 1. The van der Waals surface area contributed by atoms with Crippen molar-refractivity contribution < 1.29 is 14.6 Å². The van der Waals surface area contributed by atoms with E-state index in [9.17, 15) is 9.90 Å². The maximum absolute atomic E-state index is 12.0. The van der Waals surface area contributed by atoms with Crippen LogP contribution in [0.1, 0.15) is 22.5 Å². The molecule has 0 aliphatic rings. The monoisotopic (exact) mass is 455 g/mol. The Labute approximate surface area is 196 Å². The molecule has 0 fully saturated rings. The highest BCUT2D eigenvalue weighted by molar-refractivity contribution is 6.32. The number of aromatic amines is 1. The lowest BCUT2D eigenvalue weighted by molar-refractivity contribution is 0.0690. The number of aromatic carboxylic acids is 1. The molecule has 0 aliphatic carbocycles. The van der Waals surface area contributed by atoms with Crippen molar-refractivity contribution in [1.82, 2.24) is 4.98 Å². The van der Waals surface area contributed by atoms with E-state index in [1.165, 1.54) is 0 Å². The Hall–Kier alpha value is -3.76. The Balaban J connectivity index is 1.43. The van der Waals surface area contributed by atoms with Gasteiger partial charge in [-0.05, 0) is 47.6 Å². The lowest BCUT2D eigenvalue weighted by Crippen LogP contribution is -2.04. The summed E-state index contributed by atoms with van der Waals surface area (Å²) >= 11 is 6.45. The van der Waals surface area contributed by atoms with Gasteiger partial charge < -0.3 is 14.8 Å². The van der Waals surface area contributed by atoms with Crippen LogP contribution in [0.3, 0.4) is 0 Å².